The highest BCUT2D eigenvalue weighted by Gasteiger charge is 2.31. The predicted molar refractivity (Wildman–Crippen MR) is 157 cm³/mol. The topological polar surface area (TPSA) is 88.2 Å². The largest absolute Gasteiger partial charge is 0.343 e. The second-order valence-corrected chi connectivity index (χ2v) is 11.2. The molecule has 4 aromatic carbocycles. The van der Waals surface area contributed by atoms with Crippen molar-refractivity contribution >= 4 is 15.9 Å². The summed E-state index contributed by atoms with van der Waals surface area (Å²) in [6, 6.07) is 35.0. The number of aromatic nitrogens is 1. The Labute approximate surface area is 234 Å². The van der Waals surface area contributed by atoms with Crippen LogP contribution in [0.3, 0.4) is 0 Å². The molecule has 0 saturated carbocycles. The molecule has 2 N–H and O–H groups in total. The van der Waals surface area contributed by atoms with Crippen LogP contribution in [0.25, 0.3) is 11.1 Å². The first-order chi connectivity index (χ1) is 19.4. The van der Waals surface area contributed by atoms with E-state index in [-0.39, 0.29) is 10.8 Å². The van der Waals surface area contributed by atoms with E-state index in [1.54, 1.807) is 48.8 Å². The summed E-state index contributed by atoms with van der Waals surface area (Å²) in [5.41, 5.74) is 4.88. The molecule has 1 aromatic heterocycles. The molecule has 0 aliphatic heterocycles. The third-order valence-corrected chi connectivity index (χ3v) is 8.17. The Morgan fingerprint density at radius 3 is 1.75 bits per heavy atom. The molecule has 0 unspecified atom stereocenters. The highest BCUT2D eigenvalue weighted by atomic mass is 32.2. The normalized spacial score (nSPS) is 12.8. The number of aryl methyl sites for hydroxylation is 1. The minimum atomic E-state index is -3.92. The fourth-order valence-corrected chi connectivity index (χ4v) is 5.78. The summed E-state index contributed by atoms with van der Waals surface area (Å²) in [5, 5.41) is 3.11. The van der Waals surface area contributed by atoms with Gasteiger partial charge >= 0.3 is 0 Å². The Kier molecular flexibility index (Phi) is 8.15. The van der Waals surface area contributed by atoms with Crippen LogP contribution in [0.5, 0.6) is 0 Å². The van der Waals surface area contributed by atoms with Crippen molar-refractivity contribution in [2.24, 2.45) is 0 Å². The highest BCUT2D eigenvalue weighted by molar-refractivity contribution is 7.89. The summed E-state index contributed by atoms with van der Waals surface area (Å²) in [7, 11) is -3.92. The molecular weight excluding hydrogens is 518 g/mol. The van der Waals surface area contributed by atoms with Crippen molar-refractivity contribution in [3.05, 3.63) is 156 Å². The highest BCUT2D eigenvalue weighted by Crippen LogP contribution is 2.31. The maximum Gasteiger partial charge on any atom is 0.251 e. The van der Waals surface area contributed by atoms with Crippen molar-refractivity contribution < 1.29 is 13.2 Å². The molecule has 1 heterocycles. The van der Waals surface area contributed by atoms with Crippen molar-refractivity contribution in [2.75, 3.05) is 0 Å². The number of rotatable bonds is 9. The number of nitrogens with one attached hydrogen (secondary N) is 2. The lowest BCUT2D eigenvalue weighted by Crippen LogP contribution is -2.40. The zero-order valence-corrected chi connectivity index (χ0v) is 22.8. The fraction of sp³-hybridized carbons (Fsp3) is 0.0909. The Morgan fingerprint density at radius 1 is 0.650 bits per heavy atom. The number of benzene rings is 4. The fourth-order valence-electron chi connectivity index (χ4n) is 4.54. The van der Waals surface area contributed by atoms with Crippen LogP contribution in [0.4, 0.5) is 0 Å². The van der Waals surface area contributed by atoms with Gasteiger partial charge in [0.25, 0.3) is 5.91 Å². The number of amides is 1. The molecule has 200 valence electrons. The number of hydrogen-bond acceptors (Lipinski definition) is 4. The van der Waals surface area contributed by atoms with Gasteiger partial charge in [0.05, 0.1) is 17.0 Å². The second kappa shape index (κ2) is 12.1. The van der Waals surface area contributed by atoms with Crippen molar-refractivity contribution in [2.45, 2.75) is 23.9 Å². The van der Waals surface area contributed by atoms with Gasteiger partial charge in [0.1, 0.15) is 0 Å². The van der Waals surface area contributed by atoms with E-state index in [1.807, 2.05) is 91.9 Å². The summed E-state index contributed by atoms with van der Waals surface area (Å²) >= 11 is 0. The van der Waals surface area contributed by atoms with Gasteiger partial charge in [-0.25, -0.2) is 13.1 Å². The average molecular weight is 548 g/mol. The van der Waals surface area contributed by atoms with Gasteiger partial charge in [0.2, 0.25) is 10.0 Å². The van der Waals surface area contributed by atoms with Gasteiger partial charge in [0, 0.05) is 18.0 Å². The third kappa shape index (κ3) is 6.34. The summed E-state index contributed by atoms with van der Waals surface area (Å²) in [6.45, 7) is 1.90. The van der Waals surface area contributed by atoms with E-state index in [2.05, 4.69) is 15.0 Å². The van der Waals surface area contributed by atoms with Crippen LogP contribution < -0.4 is 10.0 Å². The van der Waals surface area contributed by atoms with Crippen molar-refractivity contribution in [1.82, 2.24) is 15.0 Å². The van der Waals surface area contributed by atoms with Crippen molar-refractivity contribution in [3.8, 4) is 11.1 Å². The quantitative estimate of drug-likeness (QED) is 0.228. The molecule has 40 heavy (non-hydrogen) atoms. The van der Waals surface area contributed by atoms with Gasteiger partial charge in [-0.15, -0.1) is 0 Å². The van der Waals surface area contributed by atoms with Gasteiger partial charge in [-0.2, -0.15) is 0 Å². The van der Waals surface area contributed by atoms with Gasteiger partial charge in [-0.3, -0.25) is 9.78 Å². The molecule has 6 nitrogen and oxygen atoms in total. The molecule has 7 heteroatoms. The summed E-state index contributed by atoms with van der Waals surface area (Å²) in [5.74, 6) is -0.314. The standard InChI is InChI=1S/C33H29N3O3S/c1-24-12-18-30(19-13-24)40(38,39)36-32(28-10-6-3-7-11-28)31(27-8-4-2-5-9-27)35-33(37)29-16-14-25(15-17-29)26-20-22-34-23-21-26/h2-23,31-32,36H,1H3,(H,35,37)/t31-,32-/m1/s1. The number of pyridine rings is 1. The lowest BCUT2D eigenvalue weighted by Gasteiger charge is -2.30. The van der Waals surface area contributed by atoms with Gasteiger partial charge < -0.3 is 5.32 Å². The molecule has 0 radical (unpaired) electrons. The lowest BCUT2D eigenvalue weighted by atomic mass is 9.93. The molecule has 0 aliphatic rings. The molecule has 0 saturated heterocycles. The first-order valence-electron chi connectivity index (χ1n) is 12.9. The lowest BCUT2D eigenvalue weighted by molar-refractivity contribution is 0.0928. The average Bonchev–Trinajstić information content (AvgIpc) is 3.00. The summed E-state index contributed by atoms with van der Waals surface area (Å²) in [6.07, 6.45) is 3.45. The molecule has 5 aromatic rings. The minimum Gasteiger partial charge on any atom is -0.343 e. The van der Waals surface area contributed by atoms with Crippen molar-refractivity contribution in [1.29, 1.82) is 0 Å². The molecule has 1 amide bonds. The van der Waals surface area contributed by atoms with Crippen LogP contribution in [0.2, 0.25) is 0 Å². The van der Waals surface area contributed by atoms with Gasteiger partial charge in [-0.1, -0.05) is 90.5 Å². The van der Waals surface area contributed by atoms with Crippen LogP contribution in [0.1, 0.15) is 39.1 Å². The number of carbonyl (C=O) groups excluding carboxylic acids is 1. The van der Waals surface area contributed by atoms with Crippen LogP contribution in [-0.2, 0) is 10.0 Å². The second-order valence-electron chi connectivity index (χ2n) is 9.50. The van der Waals surface area contributed by atoms with E-state index < -0.39 is 22.1 Å². The molecule has 5 rings (SSSR count). The molecule has 0 bridgehead atoms. The van der Waals surface area contributed by atoms with E-state index in [1.165, 1.54) is 0 Å². The zero-order chi connectivity index (χ0) is 28.0. The third-order valence-electron chi connectivity index (χ3n) is 6.71. The molecule has 2 atom stereocenters. The minimum absolute atomic E-state index is 0.156. The number of nitrogens with zero attached hydrogens (tertiary/aromatic N) is 1. The molecule has 0 fully saturated rings. The Balaban J connectivity index is 1.50. The summed E-state index contributed by atoms with van der Waals surface area (Å²) in [4.78, 5) is 17.8. The van der Waals surface area contributed by atoms with E-state index in [0.29, 0.717) is 5.56 Å². The zero-order valence-electron chi connectivity index (χ0n) is 21.9. The van der Waals surface area contributed by atoms with Crippen LogP contribution >= 0.6 is 0 Å². The van der Waals surface area contributed by atoms with E-state index in [9.17, 15) is 13.2 Å². The van der Waals surface area contributed by atoms with E-state index in [4.69, 9.17) is 0 Å². The smallest absolute Gasteiger partial charge is 0.251 e. The SMILES string of the molecule is Cc1ccc(S(=O)(=O)N[C@H](c2ccccc2)[C@H](NC(=O)c2ccc(-c3ccncc3)cc2)c2ccccc2)cc1. The van der Waals surface area contributed by atoms with Crippen LogP contribution in [-0.4, -0.2) is 19.3 Å². The van der Waals surface area contributed by atoms with Crippen molar-refractivity contribution in [3.63, 3.8) is 0 Å². The molecular formula is C33H29N3O3S. The predicted octanol–water partition coefficient (Wildman–Crippen LogP) is 6.25. The van der Waals surface area contributed by atoms with Crippen LogP contribution in [0, 0.1) is 6.92 Å². The molecule has 0 spiro atoms. The summed E-state index contributed by atoms with van der Waals surface area (Å²) < 4.78 is 30.0. The number of sulfonamides is 1. The first kappa shape index (κ1) is 27.0. The number of hydrogen-bond donors (Lipinski definition) is 2. The Morgan fingerprint density at radius 2 is 1.18 bits per heavy atom. The monoisotopic (exact) mass is 547 g/mol. The maximum atomic E-state index is 13.6. The van der Waals surface area contributed by atoms with E-state index >= 15 is 0 Å². The Bertz CT molecular complexity index is 1660. The molecule has 0 aliphatic carbocycles. The number of carbonyl (C=O) groups is 1. The Hall–Kier alpha value is -4.59. The van der Waals surface area contributed by atoms with Gasteiger partial charge in [-0.05, 0) is 65.6 Å². The van der Waals surface area contributed by atoms with Gasteiger partial charge in [0.15, 0.2) is 0 Å². The van der Waals surface area contributed by atoms with Crippen LogP contribution in [0.15, 0.2) is 139 Å². The van der Waals surface area contributed by atoms with E-state index in [0.717, 1.165) is 27.8 Å². The maximum absolute atomic E-state index is 13.6. The first-order valence-corrected chi connectivity index (χ1v) is 14.4.